The maximum atomic E-state index is 12.4. The third-order valence-electron chi connectivity index (χ3n) is 6.13. The minimum atomic E-state index is -1.10. The first-order valence-corrected chi connectivity index (χ1v) is 12.1. The van der Waals surface area contributed by atoms with Crippen LogP contribution in [0, 0.1) is 0 Å². The number of carbonyl (C=O) groups is 3. The van der Waals surface area contributed by atoms with Crippen molar-refractivity contribution < 1.29 is 29.0 Å². The number of benzene rings is 2. The van der Waals surface area contributed by atoms with Gasteiger partial charge in [0.25, 0.3) is 0 Å². The molecular weight excluding hydrogens is 470 g/mol. The average molecular weight is 494 g/mol. The Labute approximate surface area is 205 Å². The highest BCUT2D eigenvalue weighted by Crippen LogP contribution is 2.44. The third-order valence-corrected chi connectivity index (χ3v) is 6.93. The van der Waals surface area contributed by atoms with E-state index < -0.39 is 24.2 Å². The summed E-state index contributed by atoms with van der Waals surface area (Å²) in [5.41, 5.74) is 5.02. The van der Waals surface area contributed by atoms with Crippen molar-refractivity contribution in [1.29, 1.82) is 0 Å². The summed E-state index contributed by atoms with van der Waals surface area (Å²) in [4.78, 5) is 40.2. The fraction of sp³-hybridized carbons (Fsp3) is 0.280. The Morgan fingerprint density at radius 3 is 2.46 bits per heavy atom. The number of hydrogen-bond acceptors (Lipinski definition) is 7. The first kappa shape index (κ1) is 23.0. The van der Waals surface area contributed by atoms with Gasteiger partial charge in [-0.05, 0) is 28.7 Å². The number of thiazole rings is 1. The molecule has 0 saturated carbocycles. The van der Waals surface area contributed by atoms with E-state index in [1.165, 1.54) is 11.3 Å². The number of rotatable bonds is 7. The van der Waals surface area contributed by atoms with Gasteiger partial charge in [-0.1, -0.05) is 48.5 Å². The van der Waals surface area contributed by atoms with Crippen molar-refractivity contribution in [2.45, 2.75) is 30.9 Å². The second kappa shape index (κ2) is 9.85. The largest absolute Gasteiger partial charge is 0.479 e. The minimum Gasteiger partial charge on any atom is -0.479 e. The molecule has 1 aliphatic carbocycles. The lowest BCUT2D eigenvalue weighted by Gasteiger charge is -2.15. The Morgan fingerprint density at radius 2 is 1.77 bits per heavy atom. The lowest BCUT2D eigenvalue weighted by atomic mass is 9.98. The predicted molar refractivity (Wildman–Crippen MR) is 128 cm³/mol. The summed E-state index contributed by atoms with van der Waals surface area (Å²) >= 11 is 1.18. The summed E-state index contributed by atoms with van der Waals surface area (Å²) in [5, 5.41) is 16.4. The summed E-state index contributed by atoms with van der Waals surface area (Å²) in [6.45, 7) is 0.474. The second-order valence-corrected chi connectivity index (χ2v) is 9.22. The molecule has 0 spiro atoms. The molecule has 180 valence electrons. The Morgan fingerprint density at radius 1 is 1.09 bits per heavy atom. The van der Waals surface area contributed by atoms with Crippen LogP contribution in [0.1, 0.15) is 29.2 Å². The van der Waals surface area contributed by atoms with E-state index in [0.29, 0.717) is 17.2 Å². The minimum absolute atomic E-state index is 0.0360. The summed E-state index contributed by atoms with van der Waals surface area (Å²) in [5.74, 6) is -1.50. The Hall–Kier alpha value is -3.76. The molecule has 1 fully saturated rings. The number of fused-ring (bicyclic) bond motifs is 3. The molecule has 0 bridgehead atoms. The number of carboxylic acids is 1. The standard InChI is InChI=1S/C25H23N3O6S/c29-21(27-20-9-10-33-22(20)23(30)31)11-14-13-35-24(26-14)28-25(32)34-12-19-17-7-3-1-5-15(17)16-6-2-4-8-18(16)19/h1-8,13,19-20,22H,9-12H2,(H,27,29)(H,30,31)(H,26,28,32)/t20-,22+/m0/s1. The normalized spacial score (nSPS) is 18.5. The summed E-state index contributed by atoms with van der Waals surface area (Å²) in [7, 11) is 0. The second-order valence-electron chi connectivity index (χ2n) is 8.36. The number of amides is 2. The molecule has 1 aliphatic heterocycles. The van der Waals surface area contributed by atoms with Crippen LogP contribution in [0.4, 0.5) is 9.93 Å². The number of carbonyl (C=O) groups excluding carboxylic acids is 2. The van der Waals surface area contributed by atoms with E-state index in [0.717, 1.165) is 22.3 Å². The molecule has 1 saturated heterocycles. The van der Waals surface area contributed by atoms with Crippen LogP contribution >= 0.6 is 11.3 Å². The van der Waals surface area contributed by atoms with Crippen LogP contribution in [0.15, 0.2) is 53.9 Å². The average Bonchev–Trinajstić information content (AvgIpc) is 3.56. The first-order chi connectivity index (χ1) is 17.0. The van der Waals surface area contributed by atoms with Crippen LogP contribution in [0.3, 0.4) is 0 Å². The monoisotopic (exact) mass is 493 g/mol. The van der Waals surface area contributed by atoms with E-state index >= 15 is 0 Å². The van der Waals surface area contributed by atoms with Gasteiger partial charge in [0.05, 0.1) is 18.2 Å². The Balaban J connectivity index is 1.15. The highest BCUT2D eigenvalue weighted by Gasteiger charge is 2.35. The van der Waals surface area contributed by atoms with E-state index in [9.17, 15) is 14.4 Å². The third kappa shape index (κ3) is 4.89. The van der Waals surface area contributed by atoms with Crippen LogP contribution in [-0.2, 0) is 25.5 Å². The van der Waals surface area contributed by atoms with Gasteiger partial charge in [-0.3, -0.25) is 10.1 Å². The molecule has 9 nitrogen and oxygen atoms in total. The molecule has 5 rings (SSSR count). The number of carboxylic acid groups (broad SMARTS) is 1. The predicted octanol–water partition coefficient (Wildman–Crippen LogP) is 3.40. The number of aliphatic carboxylic acids is 1. The van der Waals surface area contributed by atoms with E-state index in [2.05, 4.69) is 39.9 Å². The number of nitrogens with zero attached hydrogens (tertiary/aromatic N) is 1. The van der Waals surface area contributed by atoms with Crippen molar-refractivity contribution >= 4 is 34.4 Å². The lowest BCUT2D eigenvalue weighted by Crippen LogP contribution is -2.44. The van der Waals surface area contributed by atoms with Crippen molar-refractivity contribution in [3.8, 4) is 11.1 Å². The van der Waals surface area contributed by atoms with Crippen LogP contribution in [-0.4, -0.2) is 53.4 Å². The smallest absolute Gasteiger partial charge is 0.413 e. The highest BCUT2D eigenvalue weighted by atomic mass is 32.1. The SMILES string of the molecule is O=C(Cc1csc(NC(=O)OCC2c3ccccc3-c3ccccc32)n1)N[C@H]1CCO[C@H]1C(=O)O. The Kier molecular flexibility index (Phi) is 6.47. The van der Waals surface area contributed by atoms with Crippen molar-refractivity contribution in [3.05, 3.63) is 70.7 Å². The number of anilines is 1. The van der Waals surface area contributed by atoms with Gasteiger partial charge in [0.2, 0.25) is 5.91 Å². The van der Waals surface area contributed by atoms with Crippen molar-refractivity contribution in [2.24, 2.45) is 0 Å². The van der Waals surface area contributed by atoms with E-state index in [-0.39, 0.29) is 31.5 Å². The summed E-state index contributed by atoms with van der Waals surface area (Å²) in [6, 6.07) is 15.6. The molecule has 2 amide bonds. The molecule has 35 heavy (non-hydrogen) atoms. The number of aromatic nitrogens is 1. The van der Waals surface area contributed by atoms with Gasteiger partial charge in [-0.2, -0.15) is 0 Å². The lowest BCUT2D eigenvalue weighted by molar-refractivity contribution is -0.148. The zero-order valence-corrected chi connectivity index (χ0v) is 19.4. The highest BCUT2D eigenvalue weighted by molar-refractivity contribution is 7.13. The van der Waals surface area contributed by atoms with Crippen LogP contribution in [0.25, 0.3) is 11.1 Å². The van der Waals surface area contributed by atoms with Crippen molar-refractivity contribution in [2.75, 3.05) is 18.5 Å². The molecule has 2 aliphatic rings. The van der Waals surface area contributed by atoms with Crippen LogP contribution in [0.5, 0.6) is 0 Å². The molecule has 2 aromatic carbocycles. The van der Waals surface area contributed by atoms with Gasteiger partial charge in [-0.15, -0.1) is 11.3 Å². The van der Waals surface area contributed by atoms with Gasteiger partial charge in [-0.25, -0.2) is 14.6 Å². The number of nitrogens with one attached hydrogen (secondary N) is 2. The fourth-order valence-corrected chi connectivity index (χ4v) is 5.27. The molecule has 2 heterocycles. The number of hydrogen-bond donors (Lipinski definition) is 3. The summed E-state index contributed by atoms with van der Waals surface area (Å²) < 4.78 is 10.7. The Bertz CT molecular complexity index is 1230. The van der Waals surface area contributed by atoms with Crippen LogP contribution < -0.4 is 10.6 Å². The molecule has 2 atom stereocenters. The van der Waals surface area contributed by atoms with Gasteiger partial charge in [0.1, 0.15) is 6.61 Å². The van der Waals surface area contributed by atoms with E-state index in [4.69, 9.17) is 14.6 Å². The maximum absolute atomic E-state index is 12.4. The van der Waals surface area contributed by atoms with Gasteiger partial charge >= 0.3 is 12.1 Å². The molecule has 3 aromatic rings. The molecule has 1 aromatic heterocycles. The molecule has 10 heteroatoms. The van der Waals surface area contributed by atoms with E-state index in [1.54, 1.807) is 5.38 Å². The van der Waals surface area contributed by atoms with Crippen LogP contribution in [0.2, 0.25) is 0 Å². The van der Waals surface area contributed by atoms with Crippen molar-refractivity contribution in [1.82, 2.24) is 10.3 Å². The van der Waals surface area contributed by atoms with Crippen molar-refractivity contribution in [3.63, 3.8) is 0 Å². The topological polar surface area (TPSA) is 127 Å². The van der Waals surface area contributed by atoms with Gasteiger partial charge in [0.15, 0.2) is 11.2 Å². The fourth-order valence-electron chi connectivity index (χ4n) is 4.57. The zero-order chi connectivity index (χ0) is 24.4. The quantitative estimate of drug-likeness (QED) is 0.460. The summed E-state index contributed by atoms with van der Waals surface area (Å²) in [6.07, 6.45) is -1.26. The molecule has 0 radical (unpaired) electrons. The molecular formula is C25H23N3O6S. The zero-order valence-electron chi connectivity index (χ0n) is 18.6. The molecule has 3 N–H and O–H groups in total. The van der Waals surface area contributed by atoms with Gasteiger partial charge in [0, 0.05) is 17.9 Å². The maximum Gasteiger partial charge on any atom is 0.413 e. The molecule has 0 unspecified atom stereocenters. The van der Waals surface area contributed by atoms with E-state index in [1.807, 2.05) is 24.3 Å². The first-order valence-electron chi connectivity index (χ1n) is 11.2. The number of ether oxygens (including phenoxy) is 2. The van der Waals surface area contributed by atoms with Gasteiger partial charge < -0.3 is 19.9 Å².